The fourth-order valence-electron chi connectivity index (χ4n) is 6.83. The van der Waals surface area contributed by atoms with Crippen LogP contribution in [0.5, 0.6) is 0 Å². The molecular weight excluding hydrogens is 550 g/mol. The molecule has 4 rings (SSSR count). The standard InChI is InChI=1S/C33H45N3O7/c1-6-8-15-25(38)42-21-23(22-13-10-9-11-14-22)34-29(39)26-24-16-17-33(43-24)27(26)30(40)35(19-12-20-37)28(33)31(41)36(18-7-2)32(3,4)5/h6-7,9-11,13-14,23-24,26-28,37H,1-2,8,12,15-21H2,3-5H3,(H,34,39)/t23-,24+,26-,27-,28+,33-/m1/s1. The topological polar surface area (TPSA) is 125 Å². The van der Waals surface area contributed by atoms with Crippen molar-refractivity contribution in [3.63, 3.8) is 0 Å². The quantitative estimate of drug-likeness (QED) is 0.250. The fraction of sp³-hybridized carbons (Fsp3) is 0.576. The zero-order chi connectivity index (χ0) is 31.4. The number of nitrogens with zero attached hydrogens (tertiary/aromatic N) is 2. The summed E-state index contributed by atoms with van der Waals surface area (Å²) in [7, 11) is 0. The van der Waals surface area contributed by atoms with Crippen molar-refractivity contribution >= 4 is 23.7 Å². The highest BCUT2D eigenvalue weighted by Gasteiger charge is 2.74. The summed E-state index contributed by atoms with van der Waals surface area (Å²) >= 11 is 0. The Morgan fingerprint density at radius 1 is 1.23 bits per heavy atom. The molecular formula is C33H45N3O7. The second-order valence-corrected chi connectivity index (χ2v) is 12.6. The molecule has 3 aliphatic heterocycles. The van der Waals surface area contributed by atoms with Crippen molar-refractivity contribution in [3.8, 4) is 0 Å². The molecule has 10 heteroatoms. The van der Waals surface area contributed by atoms with Crippen LogP contribution in [0.2, 0.25) is 0 Å². The minimum Gasteiger partial charge on any atom is -0.463 e. The van der Waals surface area contributed by atoms with Crippen molar-refractivity contribution in [2.45, 2.75) is 82.2 Å². The maximum Gasteiger partial charge on any atom is 0.306 e. The van der Waals surface area contributed by atoms with Gasteiger partial charge in [-0.15, -0.1) is 13.2 Å². The number of carbonyl (C=O) groups excluding carboxylic acids is 4. The molecule has 1 aromatic carbocycles. The Morgan fingerprint density at radius 2 is 1.95 bits per heavy atom. The number of esters is 1. The number of benzene rings is 1. The molecule has 0 unspecified atom stereocenters. The van der Waals surface area contributed by atoms with Crippen LogP contribution in [0.15, 0.2) is 55.6 Å². The molecule has 3 heterocycles. The van der Waals surface area contributed by atoms with Gasteiger partial charge in [0, 0.05) is 31.7 Å². The number of amides is 3. The molecule has 0 radical (unpaired) electrons. The molecule has 6 atom stereocenters. The van der Waals surface area contributed by atoms with Crippen molar-refractivity contribution in [3.05, 3.63) is 61.2 Å². The summed E-state index contributed by atoms with van der Waals surface area (Å²) in [5.41, 5.74) is -0.947. The van der Waals surface area contributed by atoms with Gasteiger partial charge in [-0.2, -0.15) is 0 Å². The summed E-state index contributed by atoms with van der Waals surface area (Å²) in [6.07, 6.45) is 4.74. The second-order valence-electron chi connectivity index (χ2n) is 12.6. The fourth-order valence-corrected chi connectivity index (χ4v) is 6.83. The third kappa shape index (κ3) is 6.40. The average molecular weight is 596 g/mol. The van der Waals surface area contributed by atoms with E-state index in [1.54, 1.807) is 17.1 Å². The molecule has 3 fully saturated rings. The number of rotatable bonds is 14. The van der Waals surface area contributed by atoms with E-state index >= 15 is 0 Å². The van der Waals surface area contributed by atoms with E-state index in [0.29, 0.717) is 32.2 Å². The van der Waals surface area contributed by atoms with Gasteiger partial charge in [0.2, 0.25) is 17.7 Å². The SMILES string of the molecule is C=CCCC(=O)OC[C@@H](NC(=O)[C@@H]1[C@@H]2CC[C@]3(O2)[C@H](C(=O)N(CC=C)C(C)(C)C)N(CCCO)C(=O)[C@@H]13)c1ccccc1. The van der Waals surface area contributed by atoms with Gasteiger partial charge in [-0.25, -0.2) is 0 Å². The van der Waals surface area contributed by atoms with E-state index in [9.17, 15) is 24.3 Å². The maximum absolute atomic E-state index is 14.3. The van der Waals surface area contributed by atoms with Crippen LogP contribution >= 0.6 is 0 Å². The monoisotopic (exact) mass is 595 g/mol. The van der Waals surface area contributed by atoms with Crippen LogP contribution in [-0.2, 0) is 28.7 Å². The molecule has 3 amide bonds. The molecule has 1 aromatic rings. The van der Waals surface area contributed by atoms with Crippen molar-refractivity contribution in [2.24, 2.45) is 11.8 Å². The predicted molar refractivity (Wildman–Crippen MR) is 160 cm³/mol. The number of hydrogen-bond acceptors (Lipinski definition) is 7. The van der Waals surface area contributed by atoms with E-state index in [4.69, 9.17) is 9.47 Å². The number of hydrogen-bond donors (Lipinski definition) is 2. The number of ether oxygens (including phenoxy) is 2. The number of aliphatic hydroxyl groups excluding tert-OH is 1. The second kappa shape index (κ2) is 13.4. The summed E-state index contributed by atoms with van der Waals surface area (Å²) in [4.78, 5) is 57.9. The number of nitrogens with one attached hydrogen (secondary N) is 1. The smallest absolute Gasteiger partial charge is 0.306 e. The highest BCUT2D eigenvalue weighted by Crippen LogP contribution is 2.58. The normalized spacial score (nSPS) is 26.5. The number of carbonyl (C=O) groups is 4. The van der Waals surface area contributed by atoms with Crippen molar-refractivity contribution < 1.29 is 33.8 Å². The zero-order valence-electron chi connectivity index (χ0n) is 25.5. The van der Waals surface area contributed by atoms with Crippen LogP contribution < -0.4 is 5.32 Å². The molecule has 0 aromatic heterocycles. The lowest BCUT2D eigenvalue weighted by molar-refractivity contribution is -0.151. The minimum absolute atomic E-state index is 0.0699. The van der Waals surface area contributed by atoms with Crippen LogP contribution in [0, 0.1) is 11.8 Å². The molecule has 0 saturated carbocycles. The summed E-state index contributed by atoms with van der Waals surface area (Å²) in [5.74, 6) is -3.01. The average Bonchev–Trinajstić information content (AvgIpc) is 3.62. The van der Waals surface area contributed by atoms with Crippen LogP contribution in [-0.4, -0.2) is 88.2 Å². The van der Waals surface area contributed by atoms with Gasteiger partial charge in [-0.3, -0.25) is 19.2 Å². The summed E-state index contributed by atoms with van der Waals surface area (Å²) in [6.45, 7) is 13.5. The summed E-state index contributed by atoms with van der Waals surface area (Å²) in [6, 6.07) is 7.65. The van der Waals surface area contributed by atoms with Crippen molar-refractivity contribution in [2.75, 3.05) is 26.3 Å². The van der Waals surface area contributed by atoms with E-state index in [2.05, 4.69) is 18.5 Å². The van der Waals surface area contributed by atoms with E-state index in [1.165, 1.54) is 4.90 Å². The number of likely N-dealkylation sites (tertiary alicyclic amines) is 1. The number of fused-ring (bicyclic) bond motifs is 1. The van der Waals surface area contributed by atoms with Crippen LogP contribution in [0.1, 0.15) is 64.5 Å². The molecule has 10 nitrogen and oxygen atoms in total. The first kappa shape index (κ1) is 32.4. The molecule has 43 heavy (non-hydrogen) atoms. The molecule has 1 spiro atoms. The molecule has 0 aliphatic carbocycles. The molecule has 2 bridgehead atoms. The van der Waals surface area contributed by atoms with E-state index in [0.717, 1.165) is 5.56 Å². The van der Waals surface area contributed by atoms with Crippen molar-refractivity contribution in [1.82, 2.24) is 15.1 Å². The molecule has 3 aliphatic rings. The first-order chi connectivity index (χ1) is 20.5. The first-order valence-electron chi connectivity index (χ1n) is 15.1. The summed E-state index contributed by atoms with van der Waals surface area (Å²) < 4.78 is 12.0. The predicted octanol–water partition coefficient (Wildman–Crippen LogP) is 2.92. The Balaban J connectivity index is 1.63. The lowest BCUT2D eigenvalue weighted by Crippen LogP contribution is -2.60. The molecule has 2 N–H and O–H groups in total. The van der Waals surface area contributed by atoms with Gasteiger partial charge in [0.05, 0.1) is 24.0 Å². The first-order valence-corrected chi connectivity index (χ1v) is 15.1. The Kier molecular flexibility index (Phi) is 10.1. The summed E-state index contributed by atoms with van der Waals surface area (Å²) in [5, 5.41) is 12.6. The number of aliphatic hydroxyl groups is 1. The third-order valence-corrected chi connectivity index (χ3v) is 8.76. The molecule has 234 valence electrons. The molecule has 3 saturated heterocycles. The highest BCUT2D eigenvalue weighted by atomic mass is 16.5. The van der Waals surface area contributed by atoms with Gasteiger partial charge in [0.15, 0.2) is 0 Å². The van der Waals surface area contributed by atoms with Gasteiger partial charge in [-0.05, 0) is 52.0 Å². The Hall–Kier alpha value is -3.50. The highest BCUT2D eigenvalue weighted by molar-refractivity contribution is 5.99. The maximum atomic E-state index is 14.3. The lowest BCUT2D eigenvalue weighted by Gasteiger charge is -2.42. The van der Waals surface area contributed by atoms with Crippen LogP contribution in [0.25, 0.3) is 0 Å². The largest absolute Gasteiger partial charge is 0.463 e. The van der Waals surface area contributed by atoms with Crippen LogP contribution in [0.3, 0.4) is 0 Å². The van der Waals surface area contributed by atoms with Gasteiger partial charge in [0.1, 0.15) is 18.2 Å². The van der Waals surface area contributed by atoms with Crippen LogP contribution in [0.4, 0.5) is 0 Å². The lowest BCUT2D eigenvalue weighted by atomic mass is 9.70. The third-order valence-electron chi connectivity index (χ3n) is 8.76. The van der Waals surface area contributed by atoms with Gasteiger partial charge in [0.25, 0.3) is 0 Å². The van der Waals surface area contributed by atoms with E-state index in [-0.39, 0.29) is 43.9 Å². The number of allylic oxidation sites excluding steroid dienone is 1. The van der Waals surface area contributed by atoms with E-state index in [1.807, 2.05) is 51.1 Å². The van der Waals surface area contributed by atoms with Gasteiger partial charge < -0.3 is 29.7 Å². The Bertz CT molecular complexity index is 1210. The van der Waals surface area contributed by atoms with E-state index < -0.39 is 47.1 Å². The van der Waals surface area contributed by atoms with Gasteiger partial charge >= 0.3 is 5.97 Å². The Labute approximate surface area is 254 Å². The minimum atomic E-state index is -1.15. The van der Waals surface area contributed by atoms with Crippen molar-refractivity contribution in [1.29, 1.82) is 0 Å². The van der Waals surface area contributed by atoms with Gasteiger partial charge in [-0.1, -0.05) is 42.5 Å². The Morgan fingerprint density at radius 3 is 2.58 bits per heavy atom. The zero-order valence-corrected chi connectivity index (χ0v) is 25.5.